The van der Waals surface area contributed by atoms with Crippen LogP contribution in [0.4, 0.5) is 0 Å². The Morgan fingerprint density at radius 1 is 1.26 bits per heavy atom. The molecule has 0 saturated carbocycles. The van der Waals surface area contributed by atoms with E-state index < -0.39 is 16.1 Å². The fraction of sp³-hybridized carbons (Fsp3) is 0.500. The van der Waals surface area contributed by atoms with E-state index in [9.17, 15) is 8.42 Å². The zero-order valence-electron chi connectivity index (χ0n) is 11.0. The van der Waals surface area contributed by atoms with E-state index >= 15 is 0 Å². The smallest absolute Gasteiger partial charge is 0.240 e. The highest BCUT2D eigenvalue weighted by Gasteiger charge is 2.14. The van der Waals surface area contributed by atoms with Gasteiger partial charge < -0.3 is 14.6 Å². The van der Waals surface area contributed by atoms with Crippen LogP contribution in [0.3, 0.4) is 0 Å². The second kappa shape index (κ2) is 7.44. The van der Waals surface area contributed by atoms with Crippen LogP contribution in [0, 0.1) is 0 Å². The molecule has 6 nitrogen and oxygen atoms in total. The van der Waals surface area contributed by atoms with Crippen LogP contribution in [-0.4, -0.2) is 46.5 Å². The summed E-state index contributed by atoms with van der Waals surface area (Å²) in [6, 6.07) is 6.05. The highest BCUT2D eigenvalue weighted by Crippen LogP contribution is 2.15. The Bertz CT molecular complexity index is 469. The SMILES string of the molecule is COCCOc1ccc(S(=O)(=O)NCC(C)O)cc1. The van der Waals surface area contributed by atoms with Crippen LogP contribution < -0.4 is 9.46 Å². The van der Waals surface area contributed by atoms with Gasteiger partial charge in [0.1, 0.15) is 12.4 Å². The Morgan fingerprint density at radius 2 is 1.89 bits per heavy atom. The maximum Gasteiger partial charge on any atom is 0.240 e. The Morgan fingerprint density at radius 3 is 2.42 bits per heavy atom. The molecular weight excluding hydrogens is 270 g/mol. The van der Waals surface area contributed by atoms with Gasteiger partial charge in [0.2, 0.25) is 10.0 Å². The van der Waals surface area contributed by atoms with Crippen molar-refractivity contribution in [1.82, 2.24) is 4.72 Å². The number of methoxy groups -OCH3 is 1. The molecule has 19 heavy (non-hydrogen) atoms. The molecule has 0 saturated heterocycles. The van der Waals surface area contributed by atoms with Crippen molar-refractivity contribution in [2.75, 3.05) is 26.9 Å². The van der Waals surface area contributed by atoms with E-state index in [0.29, 0.717) is 19.0 Å². The second-order valence-corrected chi connectivity index (χ2v) is 5.78. The average Bonchev–Trinajstić information content (AvgIpc) is 2.37. The number of hydrogen-bond donors (Lipinski definition) is 2. The van der Waals surface area contributed by atoms with Gasteiger partial charge in [-0.3, -0.25) is 0 Å². The minimum Gasteiger partial charge on any atom is -0.491 e. The Balaban J connectivity index is 2.64. The number of benzene rings is 1. The van der Waals surface area contributed by atoms with E-state index in [-0.39, 0.29) is 11.4 Å². The number of rotatable bonds is 8. The molecule has 0 bridgehead atoms. The minimum absolute atomic E-state index is 0.0194. The molecule has 0 aliphatic rings. The number of ether oxygens (including phenoxy) is 2. The number of nitrogens with one attached hydrogen (secondary N) is 1. The van der Waals surface area contributed by atoms with Gasteiger partial charge in [-0.1, -0.05) is 0 Å². The van der Waals surface area contributed by atoms with E-state index in [4.69, 9.17) is 14.6 Å². The first-order chi connectivity index (χ1) is 8.95. The van der Waals surface area contributed by atoms with Crippen molar-refractivity contribution >= 4 is 10.0 Å². The topological polar surface area (TPSA) is 84.9 Å². The summed E-state index contributed by atoms with van der Waals surface area (Å²) < 4.78 is 36.1. The minimum atomic E-state index is -3.59. The van der Waals surface area contributed by atoms with Gasteiger partial charge in [0.25, 0.3) is 0 Å². The van der Waals surface area contributed by atoms with Gasteiger partial charge >= 0.3 is 0 Å². The fourth-order valence-electron chi connectivity index (χ4n) is 1.27. The summed E-state index contributed by atoms with van der Waals surface area (Å²) in [5.41, 5.74) is 0. The molecule has 0 spiro atoms. The lowest BCUT2D eigenvalue weighted by atomic mass is 10.3. The van der Waals surface area contributed by atoms with Crippen LogP contribution in [0.1, 0.15) is 6.92 Å². The molecule has 108 valence electrons. The molecule has 0 aromatic heterocycles. The van der Waals surface area contributed by atoms with Crippen molar-refractivity contribution in [3.8, 4) is 5.75 Å². The molecule has 1 atom stereocenters. The van der Waals surface area contributed by atoms with Gasteiger partial charge in [0.05, 0.1) is 17.6 Å². The number of aliphatic hydroxyl groups excluding tert-OH is 1. The molecular formula is C12H19NO5S. The molecule has 1 rings (SSSR count). The van der Waals surface area contributed by atoms with Crippen LogP contribution in [0.2, 0.25) is 0 Å². The maximum absolute atomic E-state index is 11.8. The predicted octanol–water partition coefficient (Wildman–Crippen LogP) is 0.371. The van der Waals surface area contributed by atoms with E-state index in [1.165, 1.54) is 19.1 Å². The lowest BCUT2D eigenvalue weighted by molar-refractivity contribution is 0.146. The van der Waals surface area contributed by atoms with Crippen LogP contribution in [0.25, 0.3) is 0 Å². The molecule has 2 N–H and O–H groups in total. The lowest BCUT2D eigenvalue weighted by Gasteiger charge is -2.09. The van der Waals surface area contributed by atoms with E-state index in [2.05, 4.69) is 4.72 Å². The third-order valence-corrected chi connectivity index (χ3v) is 3.70. The summed E-state index contributed by atoms with van der Waals surface area (Å²) in [6.07, 6.45) is -0.730. The largest absolute Gasteiger partial charge is 0.491 e. The van der Waals surface area contributed by atoms with Crippen molar-refractivity contribution < 1.29 is 23.0 Å². The fourth-order valence-corrected chi connectivity index (χ4v) is 2.39. The van der Waals surface area contributed by atoms with Crippen LogP contribution in [-0.2, 0) is 14.8 Å². The zero-order valence-corrected chi connectivity index (χ0v) is 11.8. The van der Waals surface area contributed by atoms with E-state index in [1.807, 2.05) is 0 Å². The van der Waals surface area contributed by atoms with Gasteiger partial charge in [-0.2, -0.15) is 0 Å². The number of hydrogen-bond acceptors (Lipinski definition) is 5. The summed E-state index contributed by atoms with van der Waals surface area (Å²) in [5.74, 6) is 0.575. The third kappa shape index (κ3) is 5.56. The van der Waals surface area contributed by atoms with Crippen molar-refractivity contribution in [3.63, 3.8) is 0 Å². The normalized spacial score (nSPS) is 13.2. The monoisotopic (exact) mass is 289 g/mol. The van der Waals surface area contributed by atoms with Gasteiger partial charge in [-0.15, -0.1) is 0 Å². The lowest BCUT2D eigenvalue weighted by Crippen LogP contribution is -2.30. The maximum atomic E-state index is 11.8. The van der Waals surface area contributed by atoms with Gasteiger partial charge in [0, 0.05) is 13.7 Å². The molecule has 0 fully saturated rings. The molecule has 7 heteroatoms. The Labute approximate surface area is 113 Å². The van der Waals surface area contributed by atoms with Crippen LogP contribution in [0.5, 0.6) is 5.75 Å². The van der Waals surface area contributed by atoms with Gasteiger partial charge in [-0.25, -0.2) is 13.1 Å². The van der Waals surface area contributed by atoms with E-state index in [0.717, 1.165) is 0 Å². The Hall–Kier alpha value is -1.15. The van der Waals surface area contributed by atoms with Crippen molar-refractivity contribution in [3.05, 3.63) is 24.3 Å². The molecule has 1 aromatic carbocycles. The Kier molecular flexibility index (Phi) is 6.23. The highest BCUT2D eigenvalue weighted by atomic mass is 32.2. The molecule has 0 heterocycles. The molecule has 0 amide bonds. The average molecular weight is 289 g/mol. The summed E-state index contributed by atoms with van der Waals surface area (Å²) in [5, 5.41) is 9.07. The van der Waals surface area contributed by atoms with Crippen LogP contribution >= 0.6 is 0 Å². The quantitative estimate of drug-likeness (QED) is 0.675. The second-order valence-electron chi connectivity index (χ2n) is 4.01. The van der Waals surface area contributed by atoms with Crippen molar-refractivity contribution in [2.45, 2.75) is 17.9 Å². The molecule has 0 aliphatic carbocycles. The van der Waals surface area contributed by atoms with Gasteiger partial charge in [-0.05, 0) is 31.2 Å². The summed E-state index contributed by atoms with van der Waals surface area (Å²) in [4.78, 5) is 0.132. The van der Waals surface area contributed by atoms with Crippen molar-refractivity contribution in [1.29, 1.82) is 0 Å². The first kappa shape index (κ1) is 15.9. The van der Waals surface area contributed by atoms with E-state index in [1.54, 1.807) is 19.2 Å². The third-order valence-electron chi connectivity index (χ3n) is 2.26. The molecule has 0 aliphatic heterocycles. The molecule has 0 radical (unpaired) electrons. The summed E-state index contributed by atoms with van der Waals surface area (Å²) in [7, 11) is -2.01. The van der Waals surface area contributed by atoms with Gasteiger partial charge in [0.15, 0.2) is 0 Å². The summed E-state index contributed by atoms with van der Waals surface area (Å²) in [6.45, 7) is 2.36. The highest BCUT2D eigenvalue weighted by molar-refractivity contribution is 7.89. The van der Waals surface area contributed by atoms with Crippen molar-refractivity contribution in [2.24, 2.45) is 0 Å². The molecule has 1 unspecified atom stereocenters. The molecule has 1 aromatic rings. The first-order valence-corrected chi connectivity index (χ1v) is 7.33. The standard InChI is InChI=1S/C12H19NO5S/c1-10(14)9-13-19(15,16)12-5-3-11(4-6-12)18-8-7-17-2/h3-6,10,13-14H,7-9H2,1-2H3. The predicted molar refractivity (Wildman–Crippen MR) is 70.7 cm³/mol. The van der Waals surface area contributed by atoms with Crippen LogP contribution in [0.15, 0.2) is 29.2 Å². The summed E-state index contributed by atoms with van der Waals surface area (Å²) >= 11 is 0. The number of aliphatic hydroxyl groups is 1. The first-order valence-electron chi connectivity index (χ1n) is 5.85. The zero-order chi connectivity index (χ0) is 14.3. The number of sulfonamides is 1.